The Morgan fingerprint density at radius 1 is 1.00 bits per heavy atom. The molecule has 0 aliphatic carbocycles. The molecule has 0 unspecified atom stereocenters. The van der Waals surface area contributed by atoms with Crippen molar-refractivity contribution in [3.05, 3.63) is 84.2 Å². The normalized spacial score (nSPS) is 11.3. The maximum atomic E-state index is 13.2. The molecule has 34 heavy (non-hydrogen) atoms. The van der Waals surface area contributed by atoms with Crippen LogP contribution in [0.3, 0.4) is 0 Å². The van der Waals surface area contributed by atoms with E-state index < -0.39 is 0 Å². The Morgan fingerprint density at radius 3 is 2.59 bits per heavy atom. The molecular weight excluding hydrogens is 428 g/mol. The fourth-order valence-electron chi connectivity index (χ4n) is 3.58. The van der Waals surface area contributed by atoms with Crippen LogP contribution in [-0.4, -0.2) is 34.8 Å². The van der Waals surface area contributed by atoms with Crippen LogP contribution in [0.25, 0.3) is 22.2 Å². The van der Waals surface area contributed by atoms with E-state index in [4.69, 9.17) is 14.5 Å². The van der Waals surface area contributed by atoms with E-state index in [1.165, 1.54) is 0 Å². The SMILES string of the molecule is CCOc1ccc(-c2cc(C(=O)NN=C(C)c3cccnc3)c3ccccc3n2)c(OCC)c1. The van der Waals surface area contributed by atoms with Crippen molar-refractivity contribution in [3.63, 3.8) is 0 Å². The van der Waals surface area contributed by atoms with Crippen LogP contribution in [0.1, 0.15) is 36.7 Å². The Bertz CT molecular complexity index is 1340. The molecule has 0 radical (unpaired) electrons. The van der Waals surface area contributed by atoms with E-state index in [9.17, 15) is 4.79 Å². The molecule has 2 aromatic heterocycles. The van der Waals surface area contributed by atoms with Gasteiger partial charge in [0.25, 0.3) is 5.91 Å². The molecule has 0 spiro atoms. The predicted molar refractivity (Wildman–Crippen MR) is 133 cm³/mol. The van der Waals surface area contributed by atoms with Gasteiger partial charge in [-0.05, 0) is 51.1 Å². The molecular formula is C27H26N4O3. The van der Waals surface area contributed by atoms with Crippen LogP contribution in [-0.2, 0) is 0 Å². The van der Waals surface area contributed by atoms with Gasteiger partial charge in [-0.25, -0.2) is 10.4 Å². The van der Waals surface area contributed by atoms with Gasteiger partial charge < -0.3 is 9.47 Å². The molecule has 7 nitrogen and oxygen atoms in total. The summed E-state index contributed by atoms with van der Waals surface area (Å²) in [4.78, 5) is 22.1. The number of nitrogens with one attached hydrogen (secondary N) is 1. The molecule has 2 heterocycles. The lowest BCUT2D eigenvalue weighted by molar-refractivity contribution is 0.0956. The van der Waals surface area contributed by atoms with Crippen molar-refractivity contribution in [1.82, 2.24) is 15.4 Å². The van der Waals surface area contributed by atoms with Crippen molar-refractivity contribution in [3.8, 4) is 22.8 Å². The van der Waals surface area contributed by atoms with E-state index >= 15 is 0 Å². The van der Waals surface area contributed by atoms with Gasteiger partial charge in [0, 0.05) is 35.0 Å². The smallest absolute Gasteiger partial charge is 0.272 e. The Labute approximate surface area is 198 Å². The Hall–Kier alpha value is -4.26. The first-order chi connectivity index (χ1) is 16.6. The quantitative estimate of drug-likeness (QED) is 0.290. The molecule has 4 rings (SSSR count). The molecule has 2 aromatic carbocycles. The Kier molecular flexibility index (Phi) is 7.13. The molecule has 7 heteroatoms. The Morgan fingerprint density at radius 2 is 1.82 bits per heavy atom. The third-order valence-corrected chi connectivity index (χ3v) is 5.21. The van der Waals surface area contributed by atoms with E-state index in [-0.39, 0.29) is 5.91 Å². The third-order valence-electron chi connectivity index (χ3n) is 5.21. The van der Waals surface area contributed by atoms with Crippen LogP contribution in [0.2, 0.25) is 0 Å². The highest BCUT2D eigenvalue weighted by molar-refractivity contribution is 6.08. The fraction of sp³-hybridized carbons (Fsp3) is 0.185. The van der Waals surface area contributed by atoms with Crippen LogP contribution in [0.5, 0.6) is 11.5 Å². The van der Waals surface area contributed by atoms with E-state index in [0.29, 0.717) is 47.2 Å². The Balaban J connectivity index is 1.75. The predicted octanol–water partition coefficient (Wildman–Crippen LogP) is 5.25. The summed E-state index contributed by atoms with van der Waals surface area (Å²) < 4.78 is 11.5. The van der Waals surface area contributed by atoms with Crippen molar-refractivity contribution < 1.29 is 14.3 Å². The lowest BCUT2D eigenvalue weighted by atomic mass is 10.0. The molecule has 0 saturated carbocycles. The number of ether oxygens (including phenoxy) is 2. The molecule has 0 fully saturated rings. The van der Waals surface area contributed by atoms with Gasteiger partial charge in [-0.15, -0.1) is 0 Å². The van der Waals surface area contributed by atoms with Crippen LogP contribution >= 0.6 is 0 Å². The first-order valence-corrected chi connectivity index (χ1v) is 11.2. The minimum absolute atomic E-state index is 0.327. The zero-order valence-corrected chi connectivity index (χ0v) is 19.4. The standard InChI is InChI=1S/C27H26N4O3/c1-4-33-20-12-13-22(26(15-20)34-5-2)25-16-23(21-10-6-7-11-24(21)29-25)27(32)31-30-18(3)19-9-8-14-28-17-19/h6-17H,4-5H2,1-3H3,(H,31,32). The first-order valence-electron chi connectivity index (χ1n) is 11.2. The first kappa shape index (κ1) is 22.9. The number of fused-ring (bicyclic) bond motifs is 1. The minimum atomic E-state index is -0.327. The van der Waals surface area contributed by atoms with E-state index in [1.807, 2.05) is 75.4 Å². The summed E-state index contributed by atoms with van der Waals surface area (Å²) in [5.74, 6) is 1.04. The number of benzene rings is 2. The molecule has 0 atom stereocenters. The lowest BCUT2D eigenvalue weighted by Gasteiger charge is -2.14. The summed E-state index contributed by atoms with van der Waals surface area (Å²) in [6.07, 6.45) is 3.39. The molecule has 0 aliphatic heterocycles. The number of rotatable bonds is 8. The van der Waals surface area contributed by atoms with Crippen LogP contribution in [0, 0.1) is 0 Å². The minimum Gasteiger partial charge on any atom is -0.494 e. The third kappa shape index (κ3) is 5.04. The molecule has 1 N–H and O–H groups in total. The fourth-order valence-corrected chi connectivity index (χ4v) is 3.58. The van der Waals surface area contributed by atoms with Gasteiger partial charge in [0.1, 0.15) is 11.5 Å². The number of carbonyl (C=O) groups excluding carboxylic acids is 1. The largest absolute Gasteiger partial charge is 0.494 e. The summed E-state index contributed by atoms with van der Waals surface area (Å²) >= 11 is 0. The molecule has 172 valence electrons. The molecule has 0 bridgehead atoms. The molecule has 0 saturated heterocycles. The highest BCUT2D eigenvalue weighted by Crippen LogP contribution is 2.34. The van der Waals surface area contributed by atoms with Crippen molar-refractivity contribution >= 4 is 22.5 Å². The van der Waals surface area contributed by atoms with Gasteiger partial charge in [0.2, 0.25) is 0 Å². The number of hydrogen-bond donors (Lipinski definition) is 1. The summed E-state index contributed by atoms with van der Waals surface area (Å²) in [6.45, 7) is 6.73. The summed E-state index contributed by atoms with van der Waals surface area (Å²) in [5, 5.41) is 5.01. The van der Waals surface area contributed by atoms with Gasteiger partial charge in [0.05, 0.1) is 35.7 Å². The zero-order chi connectivity index (χ0) is 23.9. The average Bonchev–Trinajstić information content (AvgIpc) is 2.87. The molecule has 1 amide bonds. The van der Waals surface area contributed by atoms with Gasteiger partial charge in [-0.1, -0.05) is 24.3 Å². The highest BCUT2D eigenvalue weighted by atomic mass is 16.5. The molecule has 0 aliphatic rings. The van der Waals surface area contributed by atoms with Crippen molar-refractivity contribution in [1.29, 1.82) is 0 Å². The average molecular weight is 455 g/mol. The number of aromatic nitrogens is 2. The van der Waals surface area contributed by atoms with Crippen LogP contribution in [0.15, 0.2) is 78.2 Å². The second-order valence-corrected chi connectivity index (χ2v) is 7.48. The van der Waals surface area contributed by atoms with Crippen LogP contribution in [0.4, 0.5) is 0 Å². The van der Waals surface area contributed by atoms with Crippen molar-refractivity contribution in [2.45, 2.75) is 20.8 Å². The van der Waals surface area contributed by atoms with Gasteiger partial charge in [0.15, 0.2) is 0 Å². The van der Waals surface area contributed by atoms with Gasteiger partial charge in [-0.3, -0.25) is 9.78 Å². The maximum absolute atomic E-state index is 13.2. The van der Waals surface area contributed by atoms with Gasteiger partial charge >= 0.3 is 0 Å². The lowest BCUT2D eigenvalue weighted by Crippen LogP contribution is -2.20. The number of para-hydroxylation sites is 1. The number of amides is 1. The highest BCUT2D eigenvalue weighted by Gasteiger charge is 2.17. The number of pyridine rings is 2. The van der Waals surface area contributed by atoms with E-state index in [2.05, 4.69) is 15.5 Å². The number of hydrazone groups is 1. The van der Waals surface area contributed by atoms with E-state index in [1.54, 1.807) is 18.5 Å². The van der Waals surface area contributed by atoms with Gasteiger partial charge in [-0.2, -0.15) is 5.10 Å². The second kappa shape index (κ2) is 10.6. The topological polar surface area (TPSA) is 85.7 Å². The summed E-state index contributed by atoms with van der Waals surface area (Å²) in [5.41, 5.74) is 6.75. The maximum Gasteiger partial charge on any atom is 0.272 e. The monoisotopic (exact) mass is 454 g/mol. The number of nitrogens with zero attached hydrogens (tertiary/aromatic N) is 3. The zero-order valence-electron chi connectivity index (χ0n) is 19.4. The summed E-state index contributed by atoms with van der Waals surface area (Å²) in [6, 6.07) is 18.6. The number of hydrogen-bond acceptors (Lipinski definition) is 6. The number of carbonyl (C=O) groups is 1. The second-order valence-electron chi connectivity index (χ2n) is 7.48. The summed E-state index contributed by atoms with van der Waals surface area (Å²) in [7, 11) is 0. The van der Waals surface area contributed by atoms with Crippen molar-refractivity contribution in [2.75, 3.05) is 13.2 Å². The van der Waals surface area contributed by atoms with Crippen molar-refractivity contribution in [2.24, 2.45) is 5.10 Å². The van der Waals surface area contributed by atoms with E-state index in [0.717, 1.165) is 16.5 Å². The van der Waals surface area contributed by atoms with Crippen LogP contribution < -0.4 is 14.9 Å². The molecule has 4 aromatic rings.